The van der Waals surface area contributed by atoms with Gasteiger partial charge in [-0.2, -0.15) is 0 Å². The zero-order valence-corrected chi connectivity index (χ0v) is 17.4. The second kappa shape index (κ2) is 9.42. The van der Waals surface area contributed by atoms with Gasteiger partial charge in [0.2, 0.25) is 5.91 Å². The summed E-state index contributed by atoms with van der Waals surface area (Å²) in [5.41, 5.74) is -0.228. The molecule has 3 N–H and O–H groups in total. The number of aliphatic carboxylic acids is 1. The van der Waals surface area contributed by atoms with Crippen LogP contribution in [0.1, 0.15) is 31.9 Å². The fourth-order valence-electron chi connectivity index (χ4n) is 3.53. The molecule has 0 aliphatic rings. The first-order valence-electron chi connectivity index (χ1n) is 10.1. The van der Waals surface area contributed by atoms with Crippen molar-refractivity contribution in [3.63, 3.8) is 0 Å². The molecular formula is C23H25N3O5. The number of nitrogens with zero attached hydrogens (tertiary/aromatic N) is 1. The number of aromatic amines is 1. The highest BCUT2D eigenvalue weighted by Crippen LogP contribution is 2.16. The van der Waals surface area contributed by atoms with Gasteiger partial charge in [-0.1, -0.05) is 62.7 Å². The van der Waals surface area contributed by atoms with Crippen LogP contribution in [0.25, 0.3) is 10.9 Å². The molecule has 1 aromatic heterocycles. The van der Waals surface area contributed by atoms with E-state index < -0.39 is 35.2 Å². The molecule has 0 radical (unpaired) electrons. The number of hydrogen-bond acceptors (Lipinski definition) is 4. The third-order valence-corrected chi connectivity index (χ3v) is 5.50. The zero-order valence-electron chi connectivity index (χ0n) is 17.4. The van der Waals surface area contributed by atoms with Crippen LogP contribution in [0.2, 0.25) is 0 Å². The Bertz CT molecular complexity index is 1200. The van der Waals surface area contributed by atoms with E-state index in [0.717, 1.165) is 10.1 Å². The van der Waals surface area contributed by atoms with Crippen LogP contribution in [0.15, 0.2) is 64.2 Å². The van der Waals surface area contributed by atoms with Crippen LogP contribution >= 0.6 is 0 Å². The quantitative estimate of drug-likeness (QED) is 0.512. The van der Waals surface area contributed by atoms with Gasteiger partial charge in [-0.25, -0.2) is 14.2 Å². The van der Waals surface area contributed by atoms with E-state index in [1.54, 1.807) is 55.5 Å². The maximum atomic E-state index is 13.2. The van der Waals surface area contributed by atoms with Crippen molar-refractivity contribution in [2.24, 2.45) is 5.92 Å². The van der Waals surface area contributed by atoms with Gasteiger partial charge < -0.3 is 15.4 Å². The Hall–Kier alpha value is -3.68. The van der Waals surface area contributed by atoms with Crippen molar-refractivity contribution < 1.29 is 14.7 Å². The molecule has 162 valence electrons. The number of aromatic nitrogens is 2. The van der Waals surface area contributed by atoms with Crippen LogP contribution in [0.5, 0.6) is 0 Å². The molecule has 3 atom stereocenters. The van der Waals surface area contributed by atoms with Crippen LogP contribution < -0.4 is 16.6 Å². The molecule has 31 heavy (non-hydrogen) atoms. The number of nitrogens with one attached hydrogen (secondary N) is 2. The average Bonchev–Trinajstić information content (AvgIpc) is 2.76. The molecule has 2 aromatic carbocycles. The molecule has 8 nitrogen and oxygen atoms in total. The van der Waals surface area contributed by atoms with Gasteiger partial charge in [-0.05, 0) is 23.6 Å². The van der Waals surface area contributed by atoms with Gasteiger partial charge in [0, 0.05) is 6.42 Å². The summed E-state index contributed by atoms with van der Waals surface area (Å²) in [5, 5.41) is 12.4. The lowest BCUT2D eigenvalue weighted by atomic mass is 9.98. The summed E-state index contributed by atoms with van der Waals surface area (Å²) in [6.07, 6.45) is 0.595. The number of amides is 1. The standard InChI is InChI=1S/C23H25N3O5/c1-3-14(2)19(22(29)30)25-20(27)18(13-15-9-5-4-6-10-15)26-21(28)16-11-7-8-12-17(16)24-23(26)31/h4-12,14,18-19H,3,13H2,1-2H3,(H,24,31)(H,25,27)(H,29,30)/t14-,18-,19-/m0/s1. The molecule has 1 heterocycles. The van der Waals surface area contributed by atoms with Crippen molar-refractivity contribution >= 4 is 22.8 Å². The maximum absolute atomic E-state index is 13.2. The number of carboxylic acid groups (broad SMARTS) is 1. The van der Waals surface area contributed by atoms with Crippen molar-refractivity contribution in [2.45, 2.75) is 38.8 Å². The third kappa shape index (κ3) is 4.74. The van der Waals surface area contributed by atoms with E-state index in [-0.39, 0.29) is 17.7 Å². The summed E-state index contributed by atoms with van der Waals surface area (Å²) in [6.45, 7) is 3.55. The van der Waals surface area contributed by atoms with Gasteiger partial charge in [0.1, 0.15) is 12.1 Å². The van der Waals surface area contributed by atoms with Crippen molar-refractivity contribution in [3.05, 3.63) is 81.0 Å². The first-order chi connectivity index (χ1) is 14.8. The number of carbonyl (C=O) groups excluding carboxylic acids is 1. The number of para-hydroxylation sites is 1. The normalized spacial score (nSPS) is 14.0. The molecule has 0 fully saturated rings. The minimum Gasteiger partial charge on any atom is -0.480 e. The Morgan fingerprint density at radius 1 is 1.06 bits per heavy atom. The highest BCUT2D eigenvalue weighted by atomic mass is 16.4. The number of H-pyrrole nitrogens is 1. The van der Waals surface area contributed by atoms with E-state index in [2.05, 4.69) is 10.3 Å². The lowest BCUT2D eigenvalue weighted by Crippen LogP contribution is -2.51. The van der Waals surface area contributed by atoms with Gasteiger partial charge in [0.15, 0.2) is 0 Å². The summed E-state index contributed by atoms with van der Waals surface area (Å²) in [6, 6.07) is 13.2. The van der Waals surface area contributed by atoms with Gasteiger partial charge in [-0.15, -0.1) is 0 Å². The average molecular weight is 423 g/mol. The number of rotatable bonds is 8. The fourth-order valence-corrected chi connectivity index (χ4v) is 3.53. The topological polar surface area (TPSA) is 121 Å². The van der Waals surface area contributed by atoms with E-state index in [1.807, 2.05) is 13.0 Å². The first-order valence-corrected chi connectivity index (χ1v) is 10.1. The molecule has 8 heteroatoms. The Balaban J connectivity index is 2.10. The number of carbonyl (C=O) groups is 2. The largest absolute Gasteiger partial charge is 0.480 e. The van der Waals surface area contributed by atoms with E-state index in [1.165, 1.54) is 0 Å². The molecule has 0 saturated carbocycles. The second-order valence-electron chi connectivity index (χ2n) is 7.57. The Morgan fingerprint density at radius 2 is 1.71 bits per heavy atom. The lowest BCUT2D eigenvalue weighted by molar-refractivity contribution is -0.143. The Kier molecular flexibility index (Phi) is 6.69. The van der Waals surface area contributed by atoms with Crippen LogP contribution in [0.4, 0.5) is 0 Å². The van der Waals surface area contributed by atoms with E-state index >= 15 is 0 Å². The van der Waals surface area contributed by atoms with Gasteiger partial charge in [-0.3, -0.25) is 9.59 Å². The van der Waals surface area contributed by atoms with Crippen LogP contribution in [0, 0.1) is 5.92 Å². The van der Waals surface area contributed by atoms with Gasteiger partial charge in [0.05, 0.1) is 10.9 Å². The lowest BCUT2D eigenvalue weighted by Gasteiger charge is -2.24. The highest BCUT2D eigenvalue weighted by molar-refractivity contribution is 5.86. The Morgan fingerprint density at radius 3 is 2.35 bits per heavy atom. The smallest absolute Gasteiger partial charge is 0.329 e. The molecule has 0 aliphatic heterocycles. The number of hydrogen-bond donors (Lipinski definition) is 3. The molecule has 3 aromatic rings. The fraction of sp³-hybridized carbons (Fsp3) is 0.304. The zero-order chi connectivity index (χ0) is 22.5. The molecule has 0 spiro atoms. The van der Waals surface area contributed by atoms with Gasteiger partial charge in [0.25, 0.3) is 5.56 Å². The van der Waals surface area contributed by atoms with Crippen molar-refractivity contribution in [3.8, 4) is 0 Å². The molecule has 0 aliphatic carbocycles. The number of fused-ring (bicyclic) bond motifs is 1. The molecule has 3 rings (SSSR count). The first kappa shape index (κ1) is 22.0. The van der Waals surface area contributed by atoms with E-state index in [0.29, 0.717) is 11.9 Å². The second-order valence-corrected chi connectivity index (χ2v) is 7.57. The van der Waals surface area contributed by atoms with E-state index in [9.17, 15) is 24.3 Å². The van der Waals surface area contributed by atoms with Crippen molar-refractivity contribution in [1.29, 1.82) is 0 Å². The molecule has 1 amide bonds. The monoisotopic (exact) mass is 423 g/mol. The minimum absolute atomic E-state index is 0.0564. The van der Waals surface area contributed by atoms with E-state index in [4.69, 9.17) is 0 Å². The Labute approximate surface area is 178 Å². The number of benzene rings is 2. The summed E-state index contributed by atoms with van der Waals surface area (Å²) >= 11 is 0. The van der Waals surface area contributed by atoms with Crippen LogP contribution in [-0.4, -0.2) is 32.6 Å². The predicted octanol–water partition coefficient (Wildman–Crippen LogP) is 2.09. The highest BCUT2D eigenvalue weighted by Gasteiger charge is 2.31. The van der Waals surface area contributed by atoms with Crippen LogP contribution in [-0.2, 0) is 16.0 Å². The molecule has 0 saturated heterocycles. The minimum atomic E-state index is -1.21. The maximum Gasteiger partial charge on any atom is 0.329 e. The van der Waals surface area contributed by atoms with Gasteiger partial charge >= 0.3 is 11.7 Å². The summed E-state index contributed by atoms with van der Waals surface area (Å²) in [5.74, 6) is -2.19. The molecule has 0 bridgehead atoms. The summed E-state index contributed by atoms with van der Waals surface area (Å²) < 4.78 is 0.875. The molecule has 0 unspecified atom stereocenters. The summed E-state index contributed by atoms with van der Waals surface area (Å²) in [7, 11) is 0. The van der Waals surface area contributed by atoms with Crippen molar-refractivity contribution in [2.75, 3.05) is 0 Å². The number of carboxylic acids is 1. The predicted molar refractivity (Wildman–Crippen MR) is 117 cm³/mol. The SMILES string of the molecule is CC[C@H](C)[C@H](NC(=O)[C@H](Cc1ccccc1)n1c(=O)[nH]c2ccccc2c1=O)C(=O)O. The third-order valence-electron chi connectivity index (χ3n) is 5.50. The van der Waals surface area contributed by atoms with Crippen molar-refractivity contribution in [1.82, 2.24) is 14.9 Å². The summed E-state index contributed by atoms with van der Waals surface area (Å²) in [4.78, 5) is 53.5. The molecular weight excluding hydrogens is 398 g/mol. The van der Waals surface area contributed by atoms with Crippen LogP contribution in [0.3, 0.4) is 0 Å².